The number of hydrogen-bond donors (Lipinski definition) is 1. The number of aliphatic hydroxyl groups excluding tert-OH is 1. The van der Waals surface area contributed by atoms with Crippen molar-refractivity contribution in [2.45, 2.75) is 39.7 Å². The Morgan fingerprint density at radius 2 is 2.05 bits per heavy atom. The van der Waals surface area contributed by atoms with Gasteiger partial charge in [0, 0.05) is 17.2 Å². The standard InChI is InChI=1S/C14H18ClN3O/c1-9-5-6-16-11(7-9)18-13(15)10(8-19)12(17-18)14(2,3)4/h5-7,19H,8H2,1-4H3. The zero-order valence-electron chi connectivity index (χ0n) is 11.6. The Morgan fingerprint density at radius 3 is 2.53 bits per heavy atom. The Kier molecular flexibility index (Phi) is 3.65. The Hall–Kier alpha value is -1.39. The molecule has 4 nitrogen and oxygen atoms in total. The molecule has 2 rings (SSSR count). The van der Waals surface area contributed by atoms with Gasteiger partial charge in [0.1, 0.15) is 5.15 Å². The summed E-state index contributed by atoms with van der Waals surface area (Å²) in [5, 5.41) is 14.5. The molecule has 0 spiro atoms. The van der Waals surface area contributed by atoms with E-state index < -0.39 is 0 Å². The van der Waals surface area contributed by atoms with Crippen LogP contribution >= 0.6 is 11.6 Å². The van der Waals surface area contributed by atoms with Crippen molar-refractivity contribution in [2.75, 3.05) is 0 Å². The van der Waals surface area contributed by atoms with E-state index in [-0.39, 0.29) is 12.0 Å². The summed E-state index contributed by atoms with van der Waals surface area (Å²) < 4.78 is 1.58. The summed E-state index contributed by atoms with van der Waals surface area (Å²) in [7, 11) is 0. The van der Waals surface area contributed by atoms with Gasteiger partial charge in [0.2, 0.25) is 0 Å². The van der Waals surface area contributed by atoms with Crippen LogP contribution in [0.25, 0.3) is 5.82 Å². The topological polar surface area (TPSA) is 50.9 Å². The number of aryl methyl sites for hydroxylation is 1. The highest BCUT2D eigenvalue weighted by molar-refractivity contribution is 6.30. The van der Waals surface area contributed by atoms with Gasteiger partial charge in [-0.05, 0) is 24.6 Å². The highest BCUT2D eigenvalue weighted by Gasteiger charge is 2.26. The molecule has 0 aliphatic heterocycles. The smallest absolute Gasteiger partial charge is 0.155 e. The van der Waals surface area contributed by atoms with Crippen molar-refractivity contribution in [2.24, 2.45) is 0 Å². The average Bonchev–Trinajstić information content (AvgIpc) is 2.66. The number of hydrogen-bond acceptors (Lipinski definition) is 3. The third-order valence-corrected chi connectivity index (χ3v) is 3.30. The minimum atomic E-state index is -0.184. The molecule has 0 aliphatic carbocycles. The summed E-state index contributed by atoms with van der Waals surface area (Å²) in [4.78, 5) is 4.28. The number of halogens is 1. The highest BCUT2D eigenvalue weighted by Crippen LogP contribution is 2.31. The van der Waals surface area contributed by atoms with E-state index in [1.54, 1.807) is 10.9 Å². The zero-order valence-corrected chi connectivity index (χ0v) is 12.4. The zero-order chi connectivity index (χ0) is 14.2. The molecule has 5 heteroatoms. The van der Waals surface area contributed by atoms with Gasteiger partial charge in [0.05, 0.1) is 12.3 Å². The van der Waals surface area contributed by atoms with Gasteiger partial charge in [-0.1, -0.05) is 32.4 Å². The largest absolute Gasteiger partial charge is 0.391 e. The molecule has 0 saturated heterocycles. The molecule has 0 aliphatic rings. The molecular weight excluding hydrogens is 262 g/mol. The highest BCUT2D eigenvalue weighted by atomic mass is 35.5. The van der Waals surface area contributed by atoms with Gasteiger partial charge in [-0.25, -0.2) is 9.67 Å². The predicted molar refractivity (Wildman–Crippen MR) is 75.7 cm³/mol. The van der Waals surface area contributed by atoms with Crippen LogP contribution < -0.4 is 0 Å². The Morgan fingerprint density at radius 1 is 1.37 bits per heavy atom. The Balaban J connectivity index is 2.63. The van der Waals surface area contributed by atoms with Crippen LogP contribution in [0.5, 0.6) is 0 Å². The quantitative estimate of drug-likeness (QED) is 0.919. The first kappa shape index (κ1) is 14.0. The van der Waals surface area contributed by atoms with Gasteiger partial charge in [0.25, 0.3) is 0 Å². The van der Waals surface area contributed by atoms with Crippen LogP contribution in [0, 0.1) is 6.92 Å². The number of aromatic nitrogens is 3. The number of rotatable bonds is 2. The molecule has 1 N–H and O–H groups in total. The normalized spacial score (nSPS) is 11.9. The van der Waals surface area contributed by atoms with Crippen molar-refractivity contribution in [3.63, 3.8) is 0 Å². The van der Waals surface area contributed by atoms with Crippen molar-refractivity contribution in [1.82, 2.24) is 14.8 Å². The van der Waals surface area contributed by atoms with E-state index in [0.717, 1.165) is 11.3 Å². The van der Waals surface area contributed by atoms with Crippen molar-refractivity contribution in [3.8, 4) is 5.82 Å². The average molecular weight is 280 g/mol. The van der Waals surface area contributed by atoms with Gasteiger partial charge in [-0.2, -0.15) is 5.10 Å². The van der Waals surface area contributed by atoms with Crippen LogP contribution in [0.3, 0.4) is 0 Å². The lowest BCUT2D eigenvalue weighted by molar-refractivity contribution is 0.278. The fourth-order valence-electron chi connectivity index (χ4n) is 1.96. The van der Waals surface area contributed by atoms with Crippen molar-refractivity contribution in [1.29, 1.82) is 0 Å². The molecule has 0 atom stereocenters. The Labute approximate surface area is 118 Å². The molecule has 0 unspecified atom stereocenters. The number of aliphatic hydroxyl groups is 1. The second kappa shape index (κ2) is 4.94. The maximum absolute atomic E-state index is 9.52. The van der Waals surface area contributed by atoms with Gasteiger partial charge in [0.15, 0.2) is 5.82 Å². The molecule has 102 valence electrons. The summed E-state index contributed by atoms with van der Waals surface area (Å²) in [6.45, 7) is 7.98. The molecule has 0 bridgehead atoms. The Bertz CT molecular complexity index is 599. The lowest BCUT2D eigenvalue weighted by Crippen LogP contribution is -2.15. The first-order valence-electron chi connectivity index (χ1n) is 6.16. The van der Waals surface area contributed by atoms with E-state index in [9.17, 15) is 5.11 Å². The molecule has 19 heavy (non-hydrogen) atoms. The molecule has 2 heterocycles. The van der Waals surface area contributed by atoms with Crippen LogP contribution in [-0.4, -0.2) is 19.9 Å². The molecule has 2 aromatic heterocycles. The minimum absolute atomic E-state index is 0.128. The van der Waals surface area contributed by atoms with E-state index in [4.69, 9.17) is 11.6 Å². The number of pyridine rings is 1. The van der Waals surface area contributed by atoms with Crippen LogP contribution in [0.1, 0.15) is 37.6 Å². The van der Waals surface area contributed by atoms with Crippen molar-refractivity contribution in [3.05, 3.63) is 40.3 Å². The van der Waals surface area contributed by atoms with E-state index in [1.165, 1.54) is 0 Å². The third-order valence-electron chi connectivity index (χ3n) is 2.91. The second-order valence-corrected chi connectivity index (χ2v) is 5.99. The second-order valence-electron chi connectivity index (χ2n) is 5.63. The molecule has 0 saturated carbocycles. The summed E-state index contributed by atoms with van der Waals surface area (Å²) in [6, 6.07) is 3.82. The lowest BCUT2D eigenvalue weighted by Gasteiger charge is -2.16. The maximum atomic E-state index is 9.52. The molecule has 0 aromatic carbocycles. The molecule has 0 radical (unpaired) electrons. The van der Waals surface area contributed by atoms with Gasteiger partial charge < -0.3 is 5.11 Å². The monoisotopic (exact) mass is 279 g/mol. The summed E-state index contributed by atoms with van der Waals surface area (Å²) >= 11 is 6.32. The fourth-order valence-corrected chi connectivity index (χ4v) is 2.23. The van der Waals surface area contributed by atoms with Crippen molar-refractivity contribution < 1.29 is 5.11 Å². The molecule has 0 fully saturated rings. The first-order valence-corrected chi connectivity index (χ1v) is 6.54. The maximum Gasteiger partial charge on any atom is 0.155 e. The van der Waals surface area contributed by atoms with Crippen LogP contribution in [0.4, 0.5) is 0 Å². The van der Waals surface area contributed by atoms with Crippen LogP contribution in [-0.2, 0) is 12.0 Å². The van der Waals surface area contributed by atoms with Crippen LogP contribution in [0.2, 0.25) is 5.15 Å². The summed E-state index contributed by atoms with van der Waals surface area (Å²) in [5.41, 5.74) is 2.36. The lowest BCUT2D eigenvalue weighted by atomic mass is 9.90. The van der Waals surface area contributed by atoms with Crippen LogP contribution in [0.15, 0.2) is 18.3 Å². The SMILES string of the molecule is Cc1ccnc(-n2nc(C(C)(C)C)c(CO)c2Cl)c1. The van der Waals surface area contributed by atoms with E-state index in [1.807, 2.05) is 39.8 Å². The molecule has 0 amide bonds. The minimum Gasteiger partial charge on any atom is -0.391 e. The third kappa shape index (κ3) is 2.65. The van der Waals surface area contributed by atoms with Gasteiger partial charge in [-0.15, -0.1) is 0 Å². The first-order chi connectivity index (χ1) is 8.84. The van der Waals surface area contributed by atoms with E-state index in [2.05, 4.69) is 10.1 Å². The van der Waals surface area contributed by atoms with E-state index >= 15 is 0 Å². The fraction of sp³-hybridized carbons (Fsp3) is 0.429. The summed E-state index contributed by atoms with van der Waals surface area (Å²) in [6.07, 6.45) is 1.72. The predicted octanol–water partition coefficient (Wildman–Crippen LogP) is 3.02. The molecular formula is C14H18ClN3O. The van der Waals surface area contributed by atoms with Crippen molar-refractivity contribution >= 4 is 11.6 Å². The molecule has 2 aromatic rings. The number of nitrogens with zero attached hydrogens (tertiary/aromatic N) is 3. The van der Waals surface area contributed by atoms with Gasteiger partial charge >= 0.3 is 0 Å². The summed E-state index contributed by atoms with van der Waals surface area (Å²) in [5.74, 6) is 0.662. The van der Waals surface area contributed by atoms with Gasteiger partial charge in [-0.3, -0.25) is 0 Å². The van der Waals surface area contributed by atoms with E-state index in [0.29, 0.717) is 16.5 Å².